The van der Waals surface area contributed by atoms with Gasteiger partial charge in [0.1, 0.15) is 5.54 Å². The van der Waals surface area contributed by atoms with E-state index >= 15 is 0 Å². The molecule has 10 nitrogen and oxygen atoms in total. The predicted molar refractivity (Wildman–Crippen MR) is 97.3 cm³/mol. The van der Waals surface area contributed by atoms with Gasteiger partial charge in [0.05, 0.1) is 6.54 Å². The number of nitrogens with one attached hydrogen (secondary N) is 2. The average Bonchev–Trinajstić information content (AvgIpc) is 3.00. The molecule has 1 heterocycles. The molecule has 1 unspecified atom stereocenters. The Morgan fingerprint density at radius 2 is 1.93 bits per heavy atom. The van der Waals surface area contributed by atoms with Crippen molar-refractivity contribution in [3.8, 4) is 0 Å². The maximum Gasteiger partial charge on any atom is 0.334 e. The number of hydrogen-bond donors (Lipinski definition) is 3. The van der Waals surface area contributed by atoms with Crippen molar-refractivity contribution in [2.45, 2.75) is 69.9 Å². The molecule has 2 amide bonds. The Hall–Kier alpha value is -2.49. The first-order valence-corrected chi connectivity index (χ1v) is 9.50. The van der Waals surface area contributed by atoms with Crippen LogP contribution in [0.5, 0.6) is 0 Å². The van der Waals surface area contributed by atoms with E-state index in [-0.39, 0.29) is 31.2 Å². The number of carbonyl (C=O) groups excluding carboxylic acids is 2. The van der Waals surface area contributed by atoms with E-state index < -0.39 is 17.6 Å². The molecule has 1 atom stereocenters. The molecule has 0 aliphatic heterocycles. The van der Waals surface area contributed by atoms with Crippen molar-refractivity contribution < 1.29 is 28.8 Å². The summed E-state index contributed by atoms with van der Waals surface area (Å²) in [6.07, 6.45) is 4.85. The molecular formula is C18H28N4O6. The van der Waals surface area contributed by atoms with Gasteiger partial charge in [-0.2, -0.15) is 4.98 Å². The van der Waals surface area contributed by atoms with Crippen LogP contribution in [0.15, 0.2) is 4.52 Å². The molecule has 156 valence electrons. The molecule has 1 aliphatic rings. The second kappa shape index (κ2) is 10.2. The normalized spacial score (nSPS) is 17.4. The van der Waals surface area contributed by atoms with Crippen LogP contribution in [0.4, 0.5) is 0 Å². The minimum atomic E-state index is -1.14. The van der Waals surface area contributed by atoms with Crippen molar-refractivity contribution in [1.29, 1.82) is 0 Å². The van der Waals surface area contributed by atoms with Crippen molar-refractivity contribution in [2.24, 2.45) is 0 Å². The molecule has 28 heavy (non-hydrogen) atoms. The van der Waals surface area contributed by atoms with Gasteiger partial charge in [0.2, 0.25) is 17.7 Å². The summed E-state index contributed by atoms with van der Waals surface area (Å²) < 4.78 is 10.0. The van der Waals surface area contributed by atoms with Crippen LogP contribution in [0, 0.1) is 0 Å². The van der Waals surface area contributed by atoms with Gasteiger partial charge < -0.3 is 25.0 Å². The zero-order valence-corrected chi connectivity index (χ0v) is 16.3. The maximum absolute atomic E-state index is 11.9. The molecule has 3 N–H and O–H groups in total. The van der Waals surface area contributed by atoms with Gasteiger partial charge in [-0.25, -0.2) is 4.79 Å². The average molecular weight is 396 g/mol. The third-order valence-corrected chi connectivity index (χ3v) is 4.88. The topological polar surface area (TPSA) is 144 Å². The van der Waals surface area contributed by atoms with Crippen LogP contribution in [0.1, 0.15) is 63.6 Å². The number of methoxy groups -OCH3 is 1. The van der Waals surface area contributed by atoms with Crippen LogP contribution in [0.25, 0.3) is 0 Å². The summed E-state index contributed by atoms with van der Waals surface area (Å²) in [5, 5.41) is 18.5. The quantitative estimate of drug-likeness (QED) is 0.522. The third kappa shape index (κ3) is 6.01. The predicted octanol–water partition coefficient (Wildman–Crippen LogP) is 0.904. The van der Waals surface area contributed by atoms with Crippen LogP contribution in [0.2, 0.25) is 0 Å². The fourth-order valence-corrected chi connectivity index (χ4v) is 3.41. The fraction of sp³-hybridized carbons (Fsp3) is 0.722. The molecule has 0 spiro atoms. The Labute approximate surface area is 163 Å². The lowest BCUT2D eigenvalue weighted by atomic mass is 9.89. The van der Waals surface area contributed by atoms with Crippen molar-refractivity contribution in [3.05, 3.63) is 11.7 Å². The number of carboxylic acids is 1. The zero-order valence-electron chi connectivity index (χ0n) is 16.3. The van der Waals surface area contributed by atoms with Gasteiger partial charge in [0.15, 0.2) is 11.9 Å². The molecule has 1 aromatic heterocycles. The van der Waals surface area contributed by atoms with Crippen LogP contribution in [-0.4, -0.2) is 52.8 Å². The monoisotopic (exact) mass is 396 g/mol. The zero-order chi connectivity index (χ0) is 20.6. The van der Waals surface area contributed by atoms with Crippen LogP contribution in [-0.2, 0) is 31.1 Å². The number of rotatable bonds is 9. The minimum Gasteiger partial charge on any atom is -0.479 e. The summed E-state index contributed by atoms with van der Waals surface area (Å²) in [6, 6.07) is 0. The molecule has 10 heteroatoms. The van der Waals surface area contributed by atoms with E-state index in [1.165, 1.54) is 14.0 Å². The van der Waals surface area contributed by atoms with Gasteiger partial charge in [-0.05, 0) is 12.8 Å². The number of aliphatic carboxylic acids is 1. The highest BCUT2D eigenvalue weighted by Crippen LogP contribution is 2.34. The SMILES string of the molecule is COC(CNC(=O)CCc1nc(C2(NC(C)=O)CCCCCC2)no1)C(=O)O. The Morgan fingerprint density at radius 1 is 1.25 bits per heavy atom. The van der Waals surface area contributed by atoms with Gasteiger partial charge in [-0.3, -0.25) is 9.59 Å². The molecular weight excluding hydrogens is 368 g/mol. The molecule has 2 rings (SSSR count). The first-order chi connectivity index (χ1) is 13.4. The van der Waals surface area contributed by atoms with Crippen LogP contribution in [0.3, 0.4) is 0 Å². The van der Waals surface area contributed by atoms with E-state index in [0.29, 0.717) is 11.7 Å². The van der Waals surface area contributed by atoms with Gasteiger partial charge in [-0.15, -0.1) is 0 Å². The Balaban J connectivity index is 1.95. The summed E-state index contributed by atoms with van der Waals surface area (Å²) >= 11 is 0. The number of ether oxygens (including phenoxy) is 1. The number of carboxylic acid groups (broad SMARTS) is 1. The highest BCUT2D eigenvalue weighted by molar-refractivity contribution is 5.78. The molecule has 1 saturated carbocycles. The lowest BCUT2D eigenvalue weighted by Crippen LogP contribution is -2.45. The van der Waals surface area contributed by atoms with Crippen molar-refractivity contribution in [2.75, 3.05) is 13.7 Å². The van der Waals surface area contributed by atoms with E-state index in [4.69, 9.17) is 14.4 Å². The number of aromatic nitrogens is 2. The van der Waals surface area contributed by atoms with Crippen LogP contribution >= 0.6 is 0 Å². The van der Waals surface area contributed by atoms with Gasteiger partial charge in [0, 0.05) is 26.9 Å². The van der Waals surface area contributed by atoms with E-state index in [2.05, 4.69) is 20.8 Å². The maximum atomic E-state index is 11.9. The van der Waals surface area contributed by atoms with Crippen molar-refractivity contribution in [3.63, 3.8) is 0 Å². The Bertz CT molecular complexity index is 681. The first-order valence-electron chi connectivity index (χ1n) is 9.50. The number of carbonyl (C=O) groups is 3. The standard InChI is InChI=1S/C18H28N4O6/c1-12(23)21-18(9-5-3-4-6-10-18)17-20-15(28-22-17)8-7-14(24)19-11-13(27-2)16(25)26/h13H,3-11H2,1-2H3,(H,19,24)(H,21,23)(H,25,26). The summed E-state index contributed by atoms with van der Waals surface area (Å²) in [5.74, 6) is -0.866. The smallest absolute Gasteiger partial charge is 0.334 e. The summed E-state index contributed by atoms with van der Waals surface area (Å²) in [4.78, 5) is 38.9. The first kappa shape index (κ1) is 21.8. The van der Waals surface area contributed by atoms with E-state index in [1.807, 2.05) is 0 Å². The molecule has 1 aromatic rings. The molecule has 0 radical (unpaired) electrons. The lowest BCUT2D eigenvalue weighted by Gasteiger charge is -2.30. The number of amides is 2. The second-order valence-corrected chi connectivity index (χ2v) is 7.06. The molecule has 1 fully saturated rings. The Kier molecular flexibility index (Phi) is 7.91. The highest BCUT2D eigenvalue weighted by atomic mass is 16.5. The van der Waals surface area contributed by atoms with Crippen molar-refractivity contribution >= 4 is 17.8 Å². The molecule has 1 aliphatic carbocycles. The largest absolute Gasteiger partial charge is 0.479 e. The number of nitrogens with zero attached hydrogens (tertiary/aromatic N) is 2. The van der Waals surface area contributed by atoms with E-state index in [0.717, 1.165) is 38.5 Å². The second-order valence-electron chi connectivity index (χ2n) is 7.06. The van der Waals surface area contributed by atoms with E-state index in [9.17, 15) is 14.4 Å². The number of hydrogen-bond acceptors (Lipinski definition) is 7. The van der Waals surface area contributed by atoms with Gasteiger partial charge in [0.25, 0.3) is 0 Å². The lowest BCUT2D eigenvalue weighted by molar-refractivity contribution is -0.148. The fourth-order valence-electron chi connectivity index (χ4n) is 3.41. The summed E-state index contributed by atoms with van der Waals surface area (Å²) in [6.45, 7) is 1.35. The summed E-state index contributed by atoms with van der Waals surface area (Å²) in [5.41, 5.74) is -0.625. The number of aryl methyl sites for hydroxylation is 1. The van der Waals surface area contributed by atoms with E-state index in [1.54, 1.807) is 0 Å². The minimum absolute atomic E-state index is 0.0742. The Morgan fingerprint density at radius 3 is 2.50 bits per heavy atom. The van der Waals surface area contributed by atoms with Crippen molar-refractivity contribution in [1.82, 2.24) is 20.8 Å². The molecule has 0 saturated heterocycles. The highest BCUT2D eigenvalue weighted by Gasteiger charge is 2.38. The summed E-state index contributed by atoms with van der Waals surface area (Å²) in [7, 11) is 1.27. The van der Waals surface area contributed by atoms with Crippen LogP contribution < -0.4 is 10.6 Å². The molecule has 0 aromatic carbocycles. The third-order valence-electron chi connectivity index (χ3n) is 4.88. The van der Waals surface area contributed by atoms with Gasteiger partial charge >= 0.3 is 5.97 Å². The molecule has 0 bridgehead atoms. The van der Waals surface area contributed by atoms with Gasteiger partial charge in [-0.1, -0.05) is 30.8 Å².